The highest BCUT2D eigenvalue weighted by atomic mass is 19.1. The Morgan fingerprint density at radius 3 is 1.80 bits per heavy atom. The molecule has 0 aliphatic carbocycles. The number of nitro groups is 1. The number of hydrogen-bond acceptors (Lipinski definition) is 7. The van der Waals surface area contributed by atoms with Gasteiger partial charge in [-0.3, -0.25) is 19.7 Å². The summed E-state index contributed by atoms with van der Waals surface area (Å²) in [6.45, 7) is 3.28. The third-order valence-corrected chi connectivity index (χ3v) is 5.94. The van der Waals surface area contributed by atoms with E-state index < -0.39 is 28.4 Å². The number of amides is 2. The molecule has 1 aromatic heterocycles. The Morgan fingerprint density at radius 2 is 1.32 bits per heavy atom. The highest BCUT2D eigenvalue weighted by Crippen LogP contribution is 2.16. The molecule has 0 saturated carbocycles. The minimum atomic E-state index is -0.793. The van der Waals surface area contributed by atoms with Gasteiger partial charge < -0.3 is 4.57 Å². The summed E-state index contributed by atoms with van der Waals surface area (Å²) >= 11 is 0. The first-order valence-electron chi connectivity index (χ1n) is 12.1. The second kappa shape index (κ2) is 12.5. The lowest BCUT2D eigenvalue weighted by Gasteiger charge is -2.10. The van der Waals surface area contributed by atoms with E-state index in [1.165, 1.54) is 83.7 Å². The van der Waals surface area contributed by atoms with Gasteiger partial charge in [0.2, 0.25) is 0 Å². The average molecular weight is 560 g/mol. The molecule has 0 saturated heterocycles. The summed E-state index contributed by atoms with van der Waals surface area (Å²) in [5.74, 6) is -2.40. The van der Waals surface area contributed by atoms with Crippen molar-refractivity contribution in [3.05, 3.63) is 129 Å². The maximum atomic E-state index is 13.3. The molecular formula is C28H23F2N7O4. The van der Waals surface area contributed by atoms with Gasteiger partial charge >= 0.3 is 0 Å². The van der Waals surface area contributed by atoms with E-state index in [2.05, 4.69) is 26.0 Å². The van der Waals surface area contributed by atoms with Crippen molar-refractivity contribution in [2.75, 3.05) is 0 Å². The average Bonchev–Trinajstić information content (AvgIpc) is 3.39. The molecule has 2 amide bonds. The van der Waals surface area contributed by atoms with Crippen LogP contribution in [-0.2, 0) is 6.54 Å². The molecule has 41 heavy (non-hydrogen) atoms. The van der Waals surface area contributed by atoms with E-state index in [4.69, 9.17) is 0 Å². The first-order chi connectivity index (χ1) is 19.6. The van der Waals surface area contributed by atoms with E-state index in [1.54, 1.807) is 13.8 Å². The first-order valence-corrected chi connectivity index (χ1v) is 12.1. The number of benzene rings is 3. The zero-order valence-electron chi connectivity index (χ0n) is 21.8. The Morgan fingerprint density at radius 1 is 0.829 bits per heavy atom. The molecule has 0 aliphatic heterocycles. The van der Waals surface area contributed by atoms with Gasteiger partial charge in [0.15, 0.2) is 5.69 Å². The van der Waals surface area contributed by atoms with Crippen LogP contribution in [0.5, 0.6) is 0 Å². The molecule has 0 fully saturated rings. The number of nitrogens with zero attached hydrogens (tertiary/aromatic N) is 5. The van der Waals surface area contributed by atoms with E-state index in [1.807, 2.05) is 0 Å². The second-order valence-corrected chi connectivity index (χ2v) is 8.78. The number of nitro benzene ring substituents is 1. The fraction of sp³-hybridized carbons (Fsp3) is 0.107. The molecule has 0 radical (unpaired) electrons. The summed E-state index contributed by atoms with van der Waals surface area (Å²) in [6.07, 6.45) is 1.28. The normalized spacial score (nSPS) is 11.7. The first kappa shape index (κ1) is 28.4. The van der Waals surface area contributed by atoms with Gasteiger partial charge in [-0.1, -0.05) is 36.4 Å². The number of carbonyl (C=O) groups excluding carboxylic acids is 2. The van der Waals surface area contributed by atoms with E-state index in [0.717, 1.165) is 0 Å². The van der Waals surface area contributed by atoms with Gasteiger partial charge in [-0.05, 0) is 54.8 Å². The third kappa shape index (κ3) is 7.09. The molecule has 0 unspecified atom stereocenters. The van der Waals surface area contributed by atoms with Gasteiger partial charge in [-0.15, -0.1) is 0 Å². The summed E-state index contributed by atoms with van der Waals surface area (Å²) in [7, 11) is 0. The number of carbonyl (C=O) groups is 2. The summed E-state index contributed by atoms with van der Waals surface area (Å²) in [4.78, 5) is 40.9. The summed E-state index contributed by atoms with van der Waals surface area (Å²) in [6, 6.07) is 16.7. The number of nitrogens with one attached hydrogen (secondary N) is 2. The van der Waals surface area contributed by atoms with Crippen LogP contribution in [0.3, 0.4) is 0 Å². The van der Waals surface area contributed by atoms with Crippen LogP contribution in [0.15, 0.2) is 89.3 Å². The van der Waals surface area contributed by atoms with Crippen LogP contribution in [-0.4, -0.2) is 37.7 Å². The van der Waals surface area contributed by atoms with Gasteiger partial charge in [-0.2, -0.15) is 10.2 Å². The van der Waals surface area contributed by atoms with Crippen molar-refractivity contribution in [3.8, 4) is 0 Å². The van der Waals surface area contributed by atoms with Gasteiger partial charge in [0, 0.05) is 18.7 Å². The SMILES string of the molecule is CC(=NNC(=O)c1ncn(Cc2ccc([N+](=O)[O-])cc2)c1C(=O)NN=C(C)c1ccc(F)cc1)c1ccc(F)cc1. The zero-order valence-corrected chi connectivity index (χ0v) is 21.8. The van der Waals surface area contributed by atoms with Gasteiger partial charge in [-0.25, -0.2) is 24.6 Å². The number of halogens is 2. The largest absolute Gasteiger partial charge is 0.321 e. The number of rotatable bonds is 9. The van der Waals surface area contributed by atoms with Gasteiger partial charge in [0.25, 0.3) is 17.5 Å². The van der Waals surface area contributed by atoms with Crippen LogP contribution < -0.4 is 10.9 Å². The number of non-ortho nitro benzene ring substituents is 1. The quantitative estimate of drug-likeness (QED) is 0.177. The van der Waals surface area contributed by atoms with Crippen LogP contribution in [0.4, 0.5) is 14.5 Å². The van der Waals surface area contributed by atoms with Gasteiger partial charge in [0.1, 0.15) is 17.3 Å². The van der Waals surface area contributed by atoms with Crippen LogP contribution in [0.1, 0.15) is 51.5 Å². The zero-order chi connectivity index (χ0) is 29.5. The van der Waals surface area contributed by atoms with Crippen LogP contribution in [0.2, 0.25) is 0 Å². The van der Waals surface area contributed by atoms with E-state index >= 15 is 0 Å². The topological polar surface area (TPSA) is 144 Å². The number of hydrogen-bond donors (Lipinski definition) is 2. The fourth-order valence-corrected chi connectivity index (χ4v) is 3.71. The van der Waals surface area contributed by atoms with E-state index in [0.29, 0.717) is 28.1 Å². The van der Waals surface area contributed by atoms with Crippen molar-refractivity contribution in [2.45, 2.75) is 20.4 Å². The highest BCUT2D eigenvalue weighted by Gasteiger charge is 2.24. The number of hydrazone groups is 2. The molecule has 0 aliphatic rings. The monoisotopic (exact) mass is 559 g/mol. The third-order valence-electron chi connectivity index (χ3n) is 5.94. The maximum absolute atomic E-state index is 13.3. The predicted octanol–water partition coefficient (Wildman–Crippen LogP) is 4.43. The van der Waals surface area contributed by atoms with Crippen LogP contribution >= 0.6 is 0 Å². The minimum absolute atomic E-state index is 0.0551. The molecule has 0 bridgehead atoms. The predicted molar refractivity (Wildman–Crippen MR) is 147 cm³/mol. The van der Waals surface area contributed by atoms with E-state index in [-0.39, 0.29) is 23.6 Å². The van der Waals surface area contributed by atoms with Crippen molar-refractivity contribution < 1.29 is 23.3 Å². The molecule has 208 valence electrons. The fourth-order valence-electron chi connectivity index (χ4n) is 3.71. The number of aromatic nitrogens is 2. The van der Waals surface area contributed by atoms with Crippen molar-refractivity contribution in [1.82, 2.24) is 20.4 Å². The lowest BCUT2D eigenvalue weighted by atomic mass is 10.1. The van der Waals surface area contributed by atoms with Crippen LogP contribution in [0.25, 0.3) is 0 Å². The molecule has 2 N–H and O–H groups in total. The molecule has 4 aromatic rings. The Balaban J connectivity index is 1.61. The molecule has 3 aromatic carbocycles. The lowest BCUT2D eigenvalue weighted by molar-refractivity contribution is -0.384. The van der Waals surface area contributed by atoms with Crippen molar-refractivity contribution in [2.24, 2.45) is 10.2 Å². The van der Waals surface area contributed by atoms with Gasteiger partial charge in [0.05, 0.1) is 22.7 Å². The Bertz CT molecular complexity index is 1650. The standard InChI is InChI=1S/C28H23F2N7O4/c1-17(20-5-9-22(29)10-6-20)32-34-27(38)25-26(28(39)35-33-18(2)21-7-11-23(30)12-8-21)36(16-31-25)15-19-3-13-24(14-4-19)37(40)41/h3-14,16H,15H2,1-2H3,(H,34,38)(H,35,39). The van der Waals surface area contributed by atoms with Crippen molar-refractivity contribution in [1.29, 1.82) is 0 Å². The summed E-state index contributed by atoms with van der Waals surface area (Å²) in [5, 5.41) is 19.1. The van der Waals surface area contributed by atoms with Crippen molar-refractivity contribution in [3.63, 3.8) is 0 Å². The highest BCUT2D eigenvalue weighted by molar-refractivity contribution is 6.07. The van der Waals surface area contributed by atoms with Crippen LogP contribution in [0, 0.1) is 21.7 Å². The van der Waals surface area contributed by atoms with Crippen molar-refractivity contribution >= 4 is 28.9 Å². The van der Waals surface area contributed by atoms with E-state index in [9.17, 15) is 28.5 Å². The molecule has 0 atom stereocenters. The molecule has 4 rings (SSSR count). The summed E-state index contributed by atoms with van der Waals surface area (Å²) < 4.78 is 27.9. The summed E-state index contributed by atoms with van der Waals surface area (Å²) in [5.41, 5.74) is 6.74. The minimum Gasteiger partial charge on any atom is -0.321 e. The second-order valence-electron chi connectivity index (χ2n) is 8.78. The Kier molecular flexibility index (Phi) is 8.67. The Hall–Kier alpha value is -5.59. The Labute approximate surface area is 232 Å². The maximum Gasteiger partial charge on any atom is 0.292 e. The smallest absolute Gasteiger partial charge is 0.292 e. The molecular weight excluding hydrogens is 536 g/mol. The molecule has 1 heterocycles. The lowest BCUT2D eigenvalue weighted by Crippen LogP contribution is -2.28. The number of imidazole rings is 1. The molecule has 0 spiro atoms. The molecule has 11 nitrogen and oxygen atoms in total. The molecule has 13 heteroatoms.